The molecule has 0 aliphatic heterocycles. The molecule has 0 nitrogen and oxygen atoms in total. The van der Waals surface area contributed by atoms with Crippen molar-refractivity contribution >= 4 is 23.5 Å². The van der Waals surface area contributed by atoms with Gasteiger partial charge in [-0.3, -0.25) is 0 Å². The van der Waals surface area contributed by atoms with E-state index < -0.39 is 0 Å². The van der Waals surface area contributed by atoms with Gasteiger partial charge in [0.25, 0.3) is 0 Å². The van der Waals surface area contributed by atoms with Gasteiger partial charge < -0.3 is 0 Å². The Morgan fingerprint density at radius 1 is 0.611 bits per heavy atom. The third-order valence-electron chi connectivity index (χ3n) is 3.93. The molecule has 0 spiro atoms. The lowest BCUT2D eigenvalue weighted by Crippen LogP contribution is -2.21. The molecule has 0 N–H and O–H groups in total. The van der Waals surface area contributed by atoms with E-state index in [1.807, 2.05) is 0 Å². The maximum absolute atomic E-state index is 2.33. The summed E-state index contributed by atoms with van der Waals surface area (Å²) in [6.07, 6.45) is 16.1. The molecule has 0 heterocycles. The maximum Gasteiger partial charge on any atom is 0.0610 e. The van der Waals surface area contributed by atoms with E-state index in [-0.39, 0.29) is 0 Å². The Morgan fingerprint density at radius 3 is 1.28 bits per heavy atom. The van der Waals surface area contributed by atoms with Crippen molar-refractivity contribution in [2.45, 2.75) is 88.6 Å². The van der Waals surface area contributed by atoms with Crippen LogP contribution in [-0.4, -0.2) is 15.6 Å². The quantitative estimate of drug-likeness (QED) is 0.542. The molecule has 18 heavy (non-hydrogen) atoms. The number of hydrogen-bond donors (Lipinski definition) is 0. The predicted octanol–water partition coefficient (Wildman–Crippen LogP) is 6.49. The molecule has 0 aromatic rings. The predicted molar refractivity (Wildman–Crippen MR) is 89.8 cm³/mol. The fraction of sp³-hybridized carbons (Fsp3) is 1.00. The minimum atomic E-state index is 0.558. The molecule has 2 heteroatoms. The van der Waals surface area contributed by atoms with Crippen LogP contribution in [0, 0.1) is 0 Å². The molecule has 1 aliphatic rings. The van der Waals surface area contributed by atoms with Gasteiger partial charge in [0.05, 0.1) is 4.08 Å². The monoisotopic (exact) mass is 288 g/mol. The lowest BCUT2D eigenvalue weighted by molar-refractivity contribution is 0.497. The minimum Gasteiger partial charge on any atom is -0.145 e. The van der Waals surface area contributed by atoms with Crippen LogP contribution in [0.3, 0.4) is 0 Å². The summed E-state index contributed by atoms with van der Waals surface area (Å²) in [6.45, 7) is 4.66. The molecule has 0 saturated heterocycles. The zero-order chi connectivity index (χ0) is 13.1. The van der Waals surface area contributed by atoms with Gasteiger partial charge in [-0.15, -0.1) is 23.5 Å². The molecule has 1 aliphatic carbocycles. The Morgan fingerprint density at radius 2 is 0.944 bits per heavy atom. The molecule has 0 aromatic carbocycles. The SMILES string of the molecule is CCSC1(SCC)CCCCCCCCCCC1. The average Bonchev–Trinajstić information content (AvgIpc) is 2.34. The van der Waals surface area contributed by atoms with E-state index in [9.17, 15) is 0 Å². The topological polar surface area (TPSA) is 0 Å². The van der Waals surface area contributed by atoms with Crippen molar-refractivity contribution in [3.05, 3.63) is 0 Å². The number of rotatable bonds is 4. The fourth-order valence-electron chi connectivity index (χ4n) is 3.01. The van der Waals surface area contributed by atoms with E-state index in [1.165, 1.54) is 82.1 Å². The molecule has 0 radical (unpaired) electrons. The molecule has 0 amide bonds. The Balaban J connectivity index is 2.51. The van der Waals surface area contributed by atoms with Gasteiger partial charge in [-0.2, -0.15) is 0 Å². The molecule has 0 aromatic heterocycles. The highest BCUT2D eigenvalue weighted by Crippen LogP contribution is 2.45. The van der Waals surface area contributed by atoms with E-state index in [4.69, 9.17) is 0 Å². The van der Waals surface area contributed by atoms with Crippen LogP contribution in [0.1, 0.15) is 84.5 Å². The number of hydrogen-bond acceptors (Lipinski definition) is 2. The highest BCUT2D eigenvalue weighted by atomic mass is 32.2. The molecule has 1 fully saturated rings. The van der Waals surface area contributed by atoms with Gasteiger partial charge in [-0.1, -0.05) is 71.6 Å². The van der Waals surface area contributed by atoms with Gasteiger partial charge in [0.1, 0.15) is 0 Å². The molecule has 0 atom stereocenters. The molecule has 1 saturated carbocycles. The lowest BCUT2D eigenvalue weighted by Gasteiger charge is -2.33. The highest BCUT2D eigenvalue weighted by Gasteiger charge is 2.28. The van der Waals surface area contributed by atoms with Gasteiger partial charge in [0, 0.05) is 0 Å². The van der Waals surface area contributed by atoms with Crippen molar-refractivity contribution in [3.8, 4) is 0 Å². The van der Waals surface area contributed by atoms with E-state index in [1.54, 1.807) is 0 Å². The summed E-state index contributed by atoms with van der Waals surface area (Å²) in [5.41, 5.74) is 0. The first-order valence-electron chi connectivity index (χ1n) is 8.11. The van der Waals surface area contributed by atoms with Crippen molar-refractivity contribution < 1.29 is 0 Å². The standard InChI is InChI=1S/C16H32S2/c1-3-17-16(18-4-2)14-12-10-8-6-5-7-9-11-13-15-16/h3-15H2,1-2H3. The molecule has 1 rings (SSSR count). The summed E-state index contributed by atoms with van der Waals surface area (Å²) < 4.78 is 0.558. The van der Waals surface area contributed by atoms with Gasteiger partial charge in [0.15, 0.2) is 0 Å². The van der Waals surface area contributed by atoms with E-state index in [2.05, 4.69) is 37.4 Å². The summed E-state index contributed by atoms with van der Waals surface area (Å²) in [7, 11) is 0. The van der Waals surface area contributed by atoms with Crippen molar-refractivity contribution in [2.75, 3.05) is 11.5 Å². The van der Waals surface area contributed by atoms with Crippen LogP contribution < -0.4 is 0 Å². The second-order valence-electron chi connectivity index (χ2n) is 5.46. The van der Waals surface area contributed by atoms with Crippen LogP contribution in [0.2, 0.25) is 0 Å². The second kappa shape index (κ2) is 10.5. The van der Waals surface area contributed by atoms with Crippen LogP contribution in [0.15, 0.2) is 0 Å². The summed E-state index contributed by atoms with van der Waals surface area (Å²) in [5, 5.41) is 0. The van der Waals surface area contributed by atoms with Crippen molar-refractivity contribution in [1.82, 2.24) is 0 Å². The second-order valence-corrected chi connectivity index (χ2v) is 9.01. The Bertz CT molecular complexity index is 172. The highest BCUT2D eigenvalue weighted by molar-refractivity contribution is 8.18. The summed E-state index contributed by atoms with van der Waals surface area (Å²) in [4.78, 5) is 0. The van der Waals surface area contributed by atoms with E-state index in [0.29, 0.717) is 4.08 Å². The Kier molecular flexibility index (Phi) is 9.76. The first kappa shape index (κ1) is 16.8. The van der Waals surface area contributed by atoms with Gasteiger partial charge >= 0.3 is 0 Å². The van der Waals surface area contributed by atoms with Gasteiger partial charge in [-0.25, -0.2) is 0 Å². The van der Waals surface area contributed by atoms with E-state index >= 15 is 0 Å². The van der Waals surface area contributed by atoms with Crippen molar-refractivity contribution in [3.63, 3.8) is 0 Å². The fourth-order valence-corrected chi connectivity index (χ4v) is 6.25. The minimum absolute atomic E-state index is 0.558. The third kappa shape index (κ3) is 6.75. The summed E-state index contributed by atoms with van der Waals surface area (Å²) in [6, 6.07) is 0. The Labute approximate surface area is 123 Å². The normalized spacial score (nSPS) is 23.0. The summed E-state index contributed by atoms with van der Waals surface area (Å²) >= 11 is 4.48. The zero-order valence-corrected chi connectivity index (χ0v) is 14.1. The molecule has 108 valence electrons. The van der Waals surface area contributed by atoms with Crippen LogP contribution in [-0.2, 0) is 0 Å². The van der Waals surface area contributed by atoms with Crippen LogP contribution in [0.5, 0.6) is 0 Å². The van der Waals surface area contributed by atoms with Crippen LogP contribution >= 0.6 is 23.5 Å². The van der Waals surface area contributed by atoms with Gasteiger partial charge in [0.2, 0.25) is 0 Å². The third-order valence-corrected chi connectivity index (χ3v) is 7.08. The molecular formula is C16H32S2. The zero-order valence-electron chi connectivity index (χ0n) is 12.5. The van der Waals surface area contributed by atoms with E-state index in [0.717, 1.165) is 0 Å². The van der Waals surface area contributed by atoms with Gasteiger partial charge in [-0.05, 0) is 24.3 Å². The molecule has 0 bridgehead atoms. The molecular weight excluding hydrogens is 256 g/mol. The lowest BCUT2D eigenvalue weighted by atomic mass is 10.0. The molecule has 0 unspecified atom stereocenters. The first-order valence-corrected chi connectivity index (χ1v) is 10.1. The number of thioether (sulfide) groups is 2. The van der Waals surface area contributed by atoms with Crippen molar-refractivity contribution in [1.29, 1.82) is 0 Å². The average molecular weight is 289 g/mol. The van der Waals surface area contributed by atoms with Crippen LogP contribution in [0.25, 0.3) is 0 Å². The summed E-state index contributed by atoms with van der Waals surface area (Å²) in [5.74, 6) is 2.57. The smallest absolute Gasteiger partial charge is 0.0610 e. The largest absolute Gasteiger partial charge is 0.145 e. The first-order chi connectivity index (χ1) is 8.83. The van der Waals surface area contributed by atoms with Crippen molar-refractivity contribution in [2.24, 2.45) is 0 Å². The maximum atomic E-state index is 2.33. The van der Waals surface area contributed by atoms with Crippen LogP contribution in [0.4, 0.5) is 0 Å². The Hall–Kier alpha value is 0.700.